The second-order valence-corrected chi connectivity index (χ2v) is 9.94. The molecule has 36 heavy (non-hydrogen) atoms. The largest absolute Gasteiger partial charge is 0.494 e. The number of ether oxygens (including phenoxy) is 1. The smallest absolute Gasteiger partial charge is 0.272 e. The fourth-order valence-electron chi connectivity index (χ4n) is 3.74. The first-order valence-electron chi connectivity index (χ1n) is 11.6. The highest BCUT2D eigenvalue weighted by molar-refractivity contribution is 7.93. The number of sulfonamides is 1. The average molecular weight is 498 g/mol. The summed E-state index contributed by atoms with van der Waals surface area (Å²) in [7, 11) is -4.24. The van der Waals surface area contributed by atoms with Gasteiger partial charge in [-0.15, -0.1) is 0 Å². The van der Waals surface area contributed by atoms with E-state index in [4.69, 9.17) is 4.74 Å². The van der Waals surface area contributed by atoms with Gasteiger partial charge in [-0.1, -0.05) is 78.4 Å². The van der Waals surface area contributed by atoms with E-state index in [1.165, 1.54) is 12.1 Å². The van der Waals surface area contributed by atoms with E-state index in [2.05, 4.69) is 0 Å². The summed E-state index contributed by atoms with van der Waals surface area (Å²) in [5, 5.41) is 0. The number of aryl methyl sites for hydroxylation is 1. The second kappa shape index (κ2) is 11.1. The predicted octanol–water partition coefficient (Wildman–Crippen LogP) is 6.36. The maximum atomic E-state index is 14.2. The zero-order chi connectivity index (χ0) is 25.5. The number of amides is 1. The van der Waals surface area contributed by atoms with Crippen LogP contribution in [0.2, 0.25) is 0 Å². The molecule has 0 heterocycles. The third kappa shape index (κ3) is 5.56. The molecule has 4 rings (SSSR count). The van der Waals surface area contributed by atoms with Crippen molar-refractivity contribution in [3.05, 3.63) is 126 Å². The first kappa shape index (κ1) is 24.9. The lowest BCUT2D eigenvalue weighted by Gasteiger charge is -2.24. The minimum atomic E-state index is -4.24. The van der Waals surface area contributed by atoms with Crippen molar-refractivity contribution in [2.24, 2.45) is 0 Å². The predicted molar refractivity (Wildman–Crippen MR) is 144 cm³/mol. The molecule has 0 spiro atoms. The molecule has 0 saturated carbocycles. The molecule has 0 aliphatic carbocycles. The molecule has 0 unspecified atom stereocenters. The lowest BCUT2D eigenvalue weighted by atomic mass is 10.0. The Morgan fingerprint density at radius 2 is 1.39 bits per heavy atom. The van der Waals surface area contributed by atoms with Crippen molar-refractivity contribution in [3.63, 3.8) is 0 Å². The monoisotopic (exact) mass is 497 g/mol. The summed E-state index contributed by atoms with van der Waals surface area (Å²) in [6, 6.07) is 31.4. The molecule has 0 aromatic heterocycles. The molecule has 0 fully saturated rings. The van der Waals surface area contributed by atoms with Crippen LogP contribution in [0.1, 0.15) is 23.6 Å². The van der Waals surface area contributed by atoms with Gasteiger partial charge in [-0.3, -0.25) is 4.79 Å². The molecule has 0 N–H and O–H groups in total. The Bertz CT molecular complexity index is 1450. The van der Waals surface area contributed by atoms with Crippen molar-refractivity contribution in [2.45, 2.75) is 18.7 Å². The van der Waals surface area contributed by atoms with Crippen LogP contribution in [0.4, 0.5) is 5.69 Å². The zero-order valence-electron chi connectivity index (χ0n) is 20.2. The minimum Gasteiger partial charge on any atom is -0.494 e. The Hall–Kier alpha value is -4.16. The Kier molecular flexibility index (Phi) is 7.66. The summed E-state index contributed by atoms with van der Waals surface area (Å²) in [6.07, 6.45) is 1.71. The van der Waals surface area contributed by atoms with Crippen molar-refractivity contribution in [2.75, 3.05) is 10.9 Å². The second-order valence-electron chi connectivity index (χ2n) is 8.15. The van der Waals surface area contributed by atoms with Crippen molar-refractivity contribution in [1.82, 2.24) is 0 Å². The van der Waals surface area contributed by atoms with Crippen LogP contribution in [-0.4, -0.2) is 20.9 Å². The third-order valence-electron chi connectivity index (χ3n) is 5.55. The first-order chi connectivity index (χ1) is 17.4. The van der Waals surface area contributed by atoms with Gasteiger partial charge < -0.3 is 4.74 Å². The van der Waals surface area contributed by atoms with Crippen LogP contribution in [0.3, 0.4) is 0 Å². The van der Waals surface area contributed by atoms with Crippen LogP contribution in [0.15, 0.2) is 114 Å². The van der Waals surface area contributed by atoms with Crippen molar-refractivity contribution >= 4 is 33.3 Å². The standard InChI is InChI=1S/C30H27NO4S/c1-3-35-27-18-16-26(17-19-27)31(36(33,34)28-20-14-23(2)15-21-28)30(32)29(25-12-8-5-9-13-25)22-24-10-6-4-7-11-24/h4-22H,3H2,1-2H3/b29-22+. The van der Waals surface area contributed by atoms with Crippen LogP contribution in [0.25, 0.3) is 11.6 Å². The maximum absolute atomic E-state index is 14.2. The highest BCUT2D eigenvalue weighted by Gasteiger charge is 2.33. The maximum Gasteiger partial charge on any atom is 0.272 e. The van der Waals surface area contributed by atoms with Gasteiger partial charge in [0.1, 0.15) is 5.75 Å². The number of nitrogens with zero attached hydrogens (tertiary/aromatic N) is 1. The van der Waals surface area contributed by atoms with Crippen LogP contribution in [0.5, 0.6) is 5.75 Å². The molecule has 0 radical (unpaired) electrons. The normalized spacial score (nSPS) is 11.7. The van der Waals surface area contributed by atoms with Gasteiger partial charge in [0.2, 0.25) is 0 Å². The molecule has 0 atom stereocenters. The van der Waals surface area contributed by atoms with Crippen molar-refractivity contribution < 1.29 is 17.9 Å². The molecule has 4 aromatic carbocycles. The SMILES string of the molecule is CCOc1ccc(N(C(=O)/C(=C/c2ccccc2)c2ccccc2)S(=O)(=O)c2ccc(C)cc2)cc1. The lowest BCUT2D eigenvalue weighted by Crippen LogP contribution is -2.37. The molecule has 182 valence electrons. The topological polar surface area (TPSA) is 63.7 Å². The van der Waals surface area contributed by atoms with E-state index in [1.54, 1.807) is 54.6 Å². The van der Waals surface area contributed by atoms with Gasteiger partial charge in [0.05, 0.1) is 17.2 Å². The molecule has 0 aliphatic rings. The van der Waals surface area contributed by atoms with Gasteiger partial charge in [0.15, 0.2) is 0 Å². The fourth-order valence-corrected chi connectivity index (χ4v) is 5.14. The Labute approximate surface area is 212 Å². The number of hydrogen-bond acceptors (Lipinski definition) is 4. The minimum absolute atomic E-state index is 0.0301. The molecular formula is C30H27NO4S. The van der Waals surface area contributed by atoms with E-state index in [9.17, 15) is 13.2 Å². The van der Waals surface area contributed by atoms with Crippen LogP contribution >= 0.6 is 0 Å². The Morgan fingerprint density at radius 3 is 1.97 bits per heavy atom. The molecule has 0 aliphatic heterocycles. The Balaban J connectivity index is 1.90. The zero-order valence-corrected chi connectivity index (χ0v) is 21.0. The van der Waals surface area contributed by atoms with Crippen LogP contribution in [0, 0.1) is 6.92 Å². The lowest BCUT2D eigenvalue weighted by molar-refractivity contribution is -0.112. The van der Waals surface area contributed by atoms with Crippen LogP contribution in [-0.2, 0) is 14.8 Å². The number of carbonyl (C=O) groups is 1. The molecule has 1 amide bonds. The van der Waals surface area contributed by atoms with Gasteiger partial charge >= 0.3 is 0 Å². The molecule has 5 nitrogen and oxygen atoms in total. The molecule has 6 heteroatoms. The fraction of sp³-hybridized carbons (Fsp3) is 0.100. The summed E-state index contributed by atoms with van der Waals surface area (Å²) in [5.41, 5.74) is 2.79. The summed E-state index contributed by atoms with van der Waals surface area (Å²) in [6.45, 7) is 4.22. The summed E-state index contributed by atoms with van der Waals surface area (Å²) in [4.78, 5) is 14.2. The number of hydrogen-bond donors (Lipinski definition) is 0. The van der Waals surface area contributed by atoms with E-state index in [0.717, 1.165) is 15.4 Å². The van der Waals surface area contributed by atoms with Gasteiger partial charge in [-0.05, 0) is 67.4 Å². The highest BCUT2D eigenvalue weighted by Crippen LogP contribution is 2.31. The molecule has 0 bridgehead atoms. The highest BCUT2D eigenvalue weighted by atomic mass is 32.2. The van der Waals surface area contributed by atoms with Gasteiger partial charge in [-0.2, -0.15) is 4.31 Å². The summed E-state index contributed by atoms with van der Waals surface area (Å²) >= 11 is 0. The van der Waals surface area contributed by atoms with Crippen molar-refractivity contribution in [1.29, 1.82) is 0 Å². The molecule has 4 aromatic rings. The van der Waals surface area contributed by atoms with Gasteiger partial charge in [-0.25, -0.2) is 8.42 Å². The first-order valence-corrected chi connectivity index (χ1v) is 13.1. The van der Waals surface area contributed by atoms with Gasteiger partial charge in [0, 0.05) is 5.57 Å². The third-order valence-corrected chi connectivity index (χ3v) is 7.28. The van der Waals surface area contributed by atoms with E-state index in [-0.39, 0.29) is 16.2 Å². The number of carbonyl (C=O) groups excluding carboxylic acids is 1. The van der Waals surface area contributed by atoms with Gasteiger partial charge in [0.25, 0.3) is 15.9 Å². The number of benzene rings is 4. The number of anilines is 1. The van der Waals surface area contributed by atoms with Crippen molar-refractivity contribution in [3.8, 4) is 5.75 Å². The van der Waals surface area contributed by atoms with E-state index in [0.29, 0.717) is 17.9 Å². The van der Waals surface area contributed by atoms with Crippen LogP contribution < -0.4 is 9.04 Å². The van der Waals surface area contributed by atoms with E-state index in [1.807, 2.05) is 62.4 Å². The number of rotatable bonds is 8. The summed E-state index contributed by atoms with van der Waals surface area (Å²) in [5.74, 6) is -0.0701. The van der Waals surface area contributed by atoms with E-state index < -0.39 is 15.9 Å². The summed E-state index contributed by atoms with van der Waals surface area (Å²) < 4.78 is 34.2. The van der Waals surface area contributed by atoms with E-state index >= 15 is 0 Å². The quantitative estimate of drug-likeness (QED) is 0.210. The average Bonchev–Trinajstić information content (AvgIpc) is 2.90. The molecule has 0 saturated heterocycles. The Morgan fingerprint density at radius 1 is 0.806 bits per heavy atom. The molecular weight excluding hydrogens is 470 g/mol.